The minimum atomic E-state index is 0.522. The predicted molar refractivity (Wildman–Crippen MR) is 143 cm³/mol. The maximum absolute atomic E-state index is 5.98. The predicted octanol–water partition coefficient (Wildman–Crippen LogP) is 6.10. The van der Waals surface area contributed by atoms with E-state index in [9.17, 15) is 0 Å². The zero-order valence-electron chi connectivity index (χ0n) is 22.6. The van der Waals surface area contributed by atoms with E-state index in [4.69, 9.17) is 28.4 Å². The number of methoxy groups -OCH3 is 1. The van der Waals surface area contributed by atoms with Gasteiger partial charge in [-0.1, -0.05) is 63.7 Å². The van der Waals surface area contributed by atoms with Crippen molar-refractivity contribution in [1.82, 2.24) is 0 Å². The highest BCUT2D eigenvalue weighted by Gasteiger charge is 2.04. The van der Waals surface area contributed by atoms with Gasteiger partial charge in [0.15, 0.2) is 0 Å². The van der Waals surface area contributed by atoms with E-state index in [-0.39, 0.29) is 0 Å². The molecule has 0 unspecified atom stereocenters. The van der Waals surface area contributed by atoms with E-state index >= 15 is 0 Å². The molecule has 0 aromatic heterocycles. The van der Waals surface area contributed by atoms with Crippen LogP contribution in [0.2, 0.25) is 0 Å². The zero-order valence-corrected chi connectivity index (χ0v) is 22.6. The summed E-state index contributed by atoms with van der Waals surface area (Å²) in [7, 11) is 1.66. The number of ether oxygens (including phenoxy) is 6. The molecular weight excluding hydrogens is 444 g/mol. The third kappa shape index (κ3) is 18.5. The van der Waals surface area contributed by atoms with E-state index in [1.54, 1.807) is 7.11 Å². The minimum absolute atomic E-state index is 0.522. The number of hydrogen-bond acceptors (Lipinski definition) is 6. The Morgan fingerprint density at radius 2 is 1.20 bits per heavy atom. The van der Waals surface area contributed by atoms with Gasteiger partial charge < -0.3 is 28.4 Å². The Labute approximate surface area is 214 Å². The molecule has 0 saturated heterocycles. The molecule has 0 saturated carbocycles. The number of rotatable bonds is 25. The van der Waals surface area contributed by atoms with Gasteiger partial charge in [0.25, 0.3) is 0 Å². The number of benzene rings is 1. The van der Waals surface area contributed by atoms with E-state index in [2.05, 4.69) is 37.3 Å². The van der Waals surface area contributed by atoms with Crippen LogP contribution in [0.5, 0.6) is 5.75 Å². The largest absolute Gasteiger partial charge is 0.491 e. The van der Waals surface area contributed by atoms with Crippen molar-refractivity contribution in [1.29, 1.82) is 0 Å². The molecule has 1 aromatic rings. The summed E-state index contributed by atoms with van der Waals surface area (Å²) in [6.07, 6.45) is 14.7. The molecule has 6 heteroatoms. The lowest BCUT2D eigenvalue weighted by molar-refractivity contribution is -0.00978. The molecule has 6 nitrogen and oxygen atoms in total. The second-order valence-electron chi connectivity index (χ2n) is 8.53. The van der Waals surface area contributed by atoms with Crippen LogP contribution in [0.25, 0.3) is 6.08 Å². The van der Waals surface area contributed by atoms with Crippen LogP contribution >= 0.6 is 0 Å². The average molecular weight is 495 g/mol. The highest BCUT2D eigenvalue weighted by atomic mass is 16.6. The molecule has 0 radical (unpaired) electrons. The van der Waals surface area contributed by atoms with Crippen molar-refractivity contribution >= 4 is 6.08 Å². The van der Waals surface area contributed by atoms with E-state index in [0.29, 0.717) is 66.1 Å². The van der Waals surface area contributed by atoms with Crippen molar-refractivity contribution < 1.29 is 28.4 Å². The van der Waals surface area contributed by atoms with Gasteiger partial charge in [-0.15, -0.1) is 0 Å². The molecule has 0 heterocycles. The van der Waals surface area contributed by atoms with Crippen molar-refractivity contribution in [3.8, 4) is 5.75 Å². The maximum Gasteiger partial charge on any atom is 0.126 e. The summed E-state index contributed by atoms with van der Waals surface area (Å²) < 4.78 is 32.8. The van der Waals surface area contributed by atoms with Crippen LogP contribution in [0.3, 0.4) is 0 Å². The summed E-state index contributed by atoms with van der Waals surface area (Å²) in [5, 5.41) is 0. The van der Waals surface area contributed by atoms with Crippen LogP contribution in [0.1, 0.15) is 69.9 Å². The van der Waals surface area contributed by atoms with E-state index in [1.165, 1.54) is 50.5 Å². The normalized spacial score (nSPS) is 11.5. The van der Waals surface area contributed by atoms with Crippen LogP contribution in [-0.2, 0) is 30.1 Å². The Bertz CT molecular complexity index is 619. The third-order valence-corrected chi connectivity index (χ3v) is 5.52. The lowest BCUT2D eigenvalue weighted by Gasteiger charge is -2.12. The summed E-state index contributed by atoms with van der Waals surface area (Å²) in [5.41, 5.74) is 2.52. The van der Waals surface area contributed by atoms with Gasteiger partial charge in [0.2, 0.25) is 0 Å². The number of unbranched alkanes of at least 4 members (excludes halogenated alkanes) is 6. The van der Waals surface area contributed by atoms with Crippen LogP contribution in [0.4, 0.5) is 0 Å². The molecule has 0 aliphatic rings. The maximum atomic E-state index is 5.98. The summed E-state index contributed by atoms with van der Waals surface area (Å²) in [4.78, 5) is 0. The molecule has 0 aliphatic heterocycles. The Balaban J connectivity index is 2.08. The highest BCUT2D eigenvalue weighted by Crippen LogP contribution is 2.23. The van der Waals surface area contributed by atoms with Crippen LogP contribution < -0.4 is 4.74 Å². The topological polar surface area (TPSA) is 55.4 Å². The van der Waals surface area contributed by atoms with Crippen molar-refractivity contribution in [2.24, 2.45) is 0 Å². The van der Waals surface area contributed by atoms with E-state index in [0.717, 1.165) is 17.7 Å². The fourth-order valence-electron chi connectivity index (χ4n) is 3.60. The Morgan fingerprint density at radius 1 is 0.657 bits per heavy atom. The molecule has 35 heavy (non-hydrogen) atoms. The van der Waals surface area contributed by atoms with Crippen molar-refractivity contribution in [2.75, 3.05) is 73.2 Å². The lowest BCUT2D eigenvalue weighted by Crippen LogP contribution is -2.14. The Morgan fingerprint density at radius 3 is 1.77 bits per heavy atom. The van der Waals surface area contributed by atoms with Crippen molar-refractivity contribution in [3.63, 3.8) is 0 Å². The SMILES string of the molecule is C/C=C/c1cc(CCCCCCCCC)ccc1OCCOCCOCCOCCOCCOC. The first-order valence-corrected chi connectivity index (χ1v) is 13.5. The van der Waals surface area contributed by atoms with Crippen LogP contribution in [-0.4, -0.2) is 73.2 Å². The second kappa shape index (κ2) is 24.3. The fraction of sp³-hybridized carbons (Fsp3) is 0.724. The van der Waals surface area contributed by atoms with Crippen LogP contribution in [0, 0.1) is 0 Å². The van der Waals surface area contributed by atoms with Gasteiger partial charge in [0.05, 0.1) is 59.5 Å². The number of aryl methyl sites for hydroxylation is 1. The molecule has 1 rings (SSSR count). The van der Waals surface area contributed by atoms with Crippen molar-refractivity contribution in [3.05, 3.63) is 35.4 Å². The third-order valence-electron chi connectivity index (χ3n) is 5.52. The first-order valence-electron chi connectivity index (χ1n) is 13.5. The average Bonchev–Trinajstić information content (AvgIpc) is 2.87. The van der Waals surface area contributed by atoms with E-state index in [1.807, 2.05) is 6.92 Å². The quantitative estimate of drug-likeness (QED) is 0.153. The van der Waals surface area contributed by atoms with Gasteiger partial charge in [-0.2, -0.15) is 0 Å². The molecule has 0 spiro atoms. The standard InChI is InChI=1S/C29H50O6/c1-4-6-7-8-9-10-11-13-27-14-15-29(28(26-27)12-5-2)35-25-24-34-23-22-33-21-20-32-19-18-31-17-16-30-3/h5,12,14-15,26H,4,6-11,13,16-25H2,1-3H3/b12-5+. The fourth-order valence-corrected chi connectivity index (χ4v) is 3.60. The van der Waals surface area contributed by atoms with Gasteiger partial charge in [-0.25, -0.2) is 0 Å². The van der Waals surface area contributed by atoms with E-state index < -0.39 is 0 Å². The molecule has 0 atom stereocenters. The molecule has 0 amide bonds. The minimum Gasteiger partial charge on any atom is -0.491 e. The van der Waals surface area contributed by atoms with Crippen molar-refractivity contribution in [2.45, 2.75) is 65.2 Å². The second-order valence-corrected chi connectivity index (χ2v) is 8.53. The van der Waals surface area contributed by atoms with Gasteiger partial charge in [-0.3, -0.25) is 0 Å². The molecular formula is C29H50O6. The zero-order chi connectivity index (χ0) is 25.2. The molecule has 202 valence electrons. The monoisotopic (exact) mass is 494 g/mol. The Hall–Kier alpha value is -1.44. The van der Waals surface area contributed by atoms with Crippen LogP contribution in [0.15, 0.2) is 24.3 Å². The first-order chi connectivity index (χ1) is 17.3. The lowest BCUT2D eigenvalue weighted by atomic mass is 10.0. The van der Waals surface area contributed by atoms with Gasteiger partial charge >= 0.3 is 0 Å². The van der Waals surface area contributed by atoms with Gasteiger partial charge in [0, 0.05) is 12.7 Å². The summed E-state index contributed by atoms with van der Waals surface area (Å²) >= 11 is 0. The molecule has 1 aromatic carbocycles. The summed E-state index contributed by atoms with van der Waals surface area (Å²) in [6.45, 7) is 9.90. The number of hydrogen-bond donors (Lipinski definition) is 0. The summed E-state index contributed by atoms with van der Waals surface area (Å²) in [6, 6.07) is 6.55. The summed E-state index contributed by atoms with van der Waals surface area (Å²) in [5.74, 6) is 0.912. The molecule has 0 N–H and O–H groups in total. The molecule has 0 aliphatic carbocycles. The highest BCUT2D eigenvalue weighted by molar-refractivity contribution is 5.58. The molecule has 0 fully saturated rings. The van der Waals surface area contributed by atoms with Gasteiger partial charge in [-0.05, 0) is 37.5 Å². The molecule has 0 bridgehead atoms. The Kier molecular flexibility index (Phi) is 21.9. The van der Waals surface area contributed by atoms with Gasteiger partial charge in [0.1, 0.15) is 12.4 Å². The first kappa shape index (κ1) is 31.6. The smallest absolute Gasteiger partial charge is 0.126 e. The number of allylic oxidation sites excluding steroid dienone is 1.